The van der Waals surface area contributed by atoms with Crippen molar-refractivity contribution in [3.8, 4) is 0 Å². The Labute approximate surface area is 181 Å². The summed E-state index contributed by atoms with van der Waals surface area (Å²) >= 11 is 0. The highest BCUT2D eigenvalue weighted by molar-refractivity contribution is 6.16. The number of aliphatic hydroxyl groups excluding tert-OH is 1. The van der Waals surface area contributed by atoms with Crippen molar-refractivity contribution in [2.45, 2.75) is 39.7 Å². The van der Waals surface area contributed by atoms with Gasteiger partial charge in [0.05, 0.1) is 5.57 Å². The number of benzene rings is 2. The first-order chi connectivity index (χ1) is 14.9. The largest absolute Gasteiger partial charge is 0.503 e. The minimum Gasteiger partial charge on any atom is -0.503 e. The van der Waals surface area contributed by atoms with Crippen molar-refractivity contribution in [1.82, 2.24) is 0 Å². The maximum Gasteiger partial charge on any atom is 0.294 e. The summed E-state index contributed by atoms with van der Waals surface area (Å²) in [6.45, 7) is 5.69. The van der Waals surface area contributed by atoms with E-state index >= 15 is 0 Å². The molecule has 1 atom stereocenters. The van der Waals surface area contributed by atoms with E-state index in [1.807, 2.05) is 69.3 Å². The maximum atomic E-state index is 13.2. The van der Waals surface area contributed by atoms with Crippen LogP contribution < -0.4 is 4.90 Å². The van der Waals surface area contributed by atoms with Gasteiger partial charge in [-0.15, -0.1) is 0 Å². The van der Waals surface area contributed by atoms with E-state index in [9.17, 15) is 14.7 Å². The van der Waals surface area contributed by atoms with Gasteiger partial charge < -0.3 is 9.52 Å². The second-order valence-corrected chi connectivity index (χ2v) is 7.99. The molecule has 0 bridgehead atoms. The summed E-state index contributed by atoms with van der Waals surface area (Å²) in [4.78, 5) is 27.9. The van der Waals surface area contributed by atoms with Gasteiger partial charge in [0.1, 0.15) is 17.6 Å². The number of hydrogen-bond acceptors (Lipinski definition) is 4. The van der Waals surface area contributed by atoms with E-state index in [0.717, 1.165) is 16.7 Å². The van der Waals surface area contributed by atoms with E-state index < -0.39 is 17.7 Å². The summed E-state index contributed by atoms with van der Waals surface area (Å²) in [6, 6.07) is 18.2. The first-order valence-corrected chi connectivity index (χ1v) is 10.3. The van der Waals surface area contributed by atoms with Crippen LogP contribution in [0.5, 0.6) is 0 Å². The fraction of sp³-hybridized carbons (Fsp3) is 0.231. The number of amides is 1. The lowest BCUT2D eigenvalue weighted by Gasteiger charge is -2.26. The van der Waals surface area contributed by atoms with Crippen molar-refractivity contribution in [1.29, 1.82) is 0 Å². The second-order valence-electron chi connectivity index (χ2n) is 7.99. The lowest BCUT2D eigenvalue weighted by atomic mass is 9.96. The number of aliphatic hydroxyl groups is 1. The van der Waals surface area contributed by atoms with Crippen molar-refractivity contribution >= 4 is 17.4 Å². The van der Waals surface area contributed by atoms with Gasteiger partial charge in [0.15, 0.2) is 11.5 Å². The number of hydrogen-bond donors (Lipinski definition) is 1. The lowest BCUT2D eigenvalue weighted by molar-refractivity contribution is -0.118. The lowest BCUT2D eigenvalue weighted by Crippen LogP contribution is -2.31. The number of anilines is 1. The van der Waals surface area contributed by atoms with Gasteiger partial charge >= 0.3 is 0 Å². The SMILES string of the molecule is Cc1ccc(N2C(=O)C(O)=C(C(=O)CCc3ccccc3)C2c2ccc(C)o2)c(C)c1. The molecular weight excluding hydrogens is 390 g/mol. The number of furan rings is 1. The molecule has 5 heteroatoms. The number of nitrogens with zero attached hydrogens (tertiary/aromatic N) is 1. The molecule has 1 aliphatic heterocycles. The summed E-state index contributed by atoms with van der Waals surface area (Å²) in [5, 5.41) is 10.8. The summed E-state index contributed by atoms with van der Waals surface area (Å²) < 4.78 is 5.83. The molecule has 1 amide bonds. The standard InChI is InChI=1S/C26H25NO4/c1-16-9-12-20(17(2)15-16)27-24(22-14-10-18(3)31-22)23(25(29)26(27)30)21(28)13-11-19-7-5-4-6-8-19/h4-10,12,14-15,24,29H,11,13H2,1-3H3. The molecule has 0 saturated carbocycles. The van der Waals surface area contributed by atoms with Gasteiger partial charge in [0, 0.05) is 12.1 Å². The zero-order valence-corrected chi connectivity index (χ0v) is 17.9. The van der Waals surface area contributed by atoms with Gasteiger partial charge in [0.25, 0.3) is 5.91 Å². The van der Waals surface area contributed by atoms with Crippen molar-refractivity contribution < 1.29 is 19.1 Å². The summed E-state index contributed by atoms with van der Waals surface area (Å²) in [5.41, 5.74) is 3.71. The van der Waals surface area contributed by atoms with Gasteiger partial charge in [-0.1, -0.05) is 48.0 Å². The zero-order chi connectivity index (χ0) is 22.1. The molecule has 0 radical (unpaired) electrons. The van der Waals surface area contributed by atoms with E-state index in [1.165, 1.54) is 4.90 Å². The number of ketones is 1. The molecule has 1 N–H and O–H groups in total. The highest BCUT2D eigenvalue weighted by Crippen LogP contribution is 2.43. The number of carbonyl (C=O) groups excluding carboxylic acids is 2. The first kappa shape index (κ1) is 20.7. The van der Waals surface area contributed by atoms with E-state index in [0.29, 0.717) is 23.6 Å². The van der Waals surface area contributed by atoms with Crippen LogP contribution in [0.1, 0.15) is 40.7 Å². The molecule has 0 fully saturated rings. The maximum absolute atomic E-state index is 13.2. The minimum atomic E-state index is -0.800. The third-order valence-electron chi connectivity index (χ3n) is 5.63. The molecule has 0 spiro atoms. The smallest absolute Gasteiger partial charge is 0.294 e. The highest BCUT2D eigenvalue weighted by atomic mass is 16.3. The van der Waals surface area contributed by atoms with Crippen LogP contribution in [0.3, 0.4) is 0 Å². The van der Waals surface area contributed by atoms with Gasteiger partial charge in [0.2, 0.25) is 0 Å². The Bertz CT molecular complexity index is 1170. The Kier molecular flexibility index (Phi) is 5.51. The predicted molar refractivity (Wildman–Crippen MR) is 119 cm³/mol. The average molecular weight is 415 g/mol. The van der Waals surface area contributed by atoms with Gasteiger partial charge in [-0.25, -0.2) is 0 Å². The molecule has 1 aliphatic rings. The third kappa shape index (κ3) is 3.91. The monoisotopic (exact) mass is 415 g/mol. The summed E-state index contributed by atoms with van der Waals surface area (Å²) in [5.74, 6) is -0.226. The number of rotatable bonds is 6. The Morgan fingerprint density at radius 3 is 2.42 bits per heavy atom. The average Bonchev–Trinajstić information content (AvgIpc) is 3.29. The van der Waals surface area contributed by atoms with Gasteiger partial charge in [-0.05, 0) is 56.5 Å². The molecule has 0 aliphatic carbocycles. The Hall–Kier alpha value is -3.60. The van der Waals surface area contributed by atoms with Crippen LogP contribution in [0.4, 0.5) is 5.69 Å². The quantitative estimate of drug-likeness (QED) is 0.592. The van der Waals surface area contributed by atoms with Crippen LogP contribution in [0.2, 0.25) is 0 Å². The van der Waals surface area contributed by atoms with Gasteiger partial charge in [-0.2, -0.15) is 0 Å². The molecule has 4 rings (SSSR count). The molecule has 158 valence electrons. The van der Waals surface area contributed by atoms with Crippen LogP contribution in [0.25, 0.3) is 0 Å². The van der Waals surface area contributed by atoms with Crippen LogP contribution in [0, 0.1) is 20.8 Å². The molecule has 3 aromatic rings. The molecule has 31 heavy (non-hydrogen) atoms. The van der Waals surface area contributed by atoms with Crippen molar-refractivity contribution in [2.75, 3.05) is 4.90 Å². The molecule has 1 unspecified atom stereocenters. The van der Waals surface area contributed by atoms with E-state index in [4.69, 9.17) is 4.42 Å². The van der Waals surface area contributed by atoms with Crippen molar-refractivity contribution in [3.63, 3.8) is 0 Å². The molecule has 2 aromatic carbocycles. The third-order valence-corrected chi connectivity index (χ3v) is 5.63. The minimum absolute atomic E-state index is 0.0928. The summed E-state index contributed by atoms with van der Waals surface area (Å²) in [7, 11) is 0. The van der Waals surface area contributed by atoms with Crippen LogP contribution in [-0.4, -0.2) is 16.8 Å². The number of aryl methyl sites for hydroxylation is 4. The van der Waals surface area contributed by atoms with E-state index in [2.05, 4.69) is 0 Å². The molecule has 5 nitrogen and oxygen atoms in total. The molecular formula is C26H25NO4. The summed E-state index contributed by atoms with van der Waals surface area (Å²) in [6.07, 6.45) is 0.714. The van der Waals surface area contributed by atoms with Crippen LogP contribution in [0.15, 0.2) is 76.4 Å². The number of carbonyl (C=O) groups is 2. The Balaban J connectivity index is 1.73. The van der Waals surface area contributed by atoms with Crippen molar-refractivity contribution in [2.24, 2.45) is 0 Å². The molecule has 1 aromatic heterocycles. The predicted octanol–water partition coefficient (Wildman–Crippen LogP) is 5.31. The second kappa shape index (κ2) is 8.26. The first-order valence-electron chi connectivity index (χ1n) is 10.3. The van der Waals surface area contributed by atoms with Crippen LogP contribution in [-0.2, 0) is 16.0 Å². The Morgan fingerprint density at radius 2 is 1.77 bits per heavy atom. The number of Topliss-reactive ketones (excluding diaryl/α,β-unsaturated/α-hetero) is 1. The van der Waals surface area contributed by atoms with Crippen LogP contribution >= 0.6 is 0 Å². The Morgan fingerprint density at radius 1 is 1.03 bits per heavy atom. The topological polar surface area (TPSA) is 70.8 Å². The zero-order valence-electron chi connectivity index (χ0n) is 17.9. The van der Waals surface area contributed by atoms with Crippen molar-refractivity contribution in [3.05, 3.63) is 100 Å². The fourth-order valence-electron chi connectivity index (χ4n) is 4.12. The molecule has 2 heterocycles. The van der Waals surface area contributed by atoms with Gasteiger partial charge in [-0.3, -0.25) is 14.5 Å². The fourth-order valence-corrected chi connectivity index (χ4v) is 4.12. The molecule has 0 saturated heterocycles. The van der Waals surface area contributed by atoms with E-state index in [-0.39, 0.29) is 17.8 Å². The van der Waals surface area contributed by atoms with E-state index in [1.54, 1.807) is 12.1 Å². The highest BCUT2D eigenvalue weighted by Gasteiger charge is 2.46. The normalized spacial score (nSPS) is 16.3.